The van der Waals surface area contributed by atoms with E-state index < -0.39 is 0 Å². The third-order valence-corrected chi connectivity index (χ3v) is 4.79. The number of carbonyl (C=O) groups is 1. The van der Waals surface area contributed by atoms with Gasteiger partial charge in [0.2, 0.25) is 5.91 Å². The molecule has 6 nitrogen and oxygen atoms in total. The molecule has 0 unspecified atom stereocenters. The molecule has 0 saturated carbocycles. The van der Waals surface area contributed by atoms with Crippen molar-refractivity contribution >= 4 is 22.5 Å². The Bertz CT molecular complexity index is 1080. The predicted molar refractivity (Wildman–Crippen MR) is 101 cm³/mol. The van der Waals surface area contributed by atoms with Crippen molar-refractivity contribution in [2.75, 3.05) is 11.9 Å². The summed E-state index contributed by atoms with van der Waals surface area (Å²) in [5.74, 6) is -0.713. The van der Waals surface area contributed by atoms with Crippen LogP contribution in [0, 0.1) is 5.82 Å². The Morgan fingerprint density at radius 3 is 3.00 bits per heavy atom. The first kappa shape index (κ1) is 17.4. The van der Waals surface area contributed by atoms with Gasteiger partial charge in [0.05, 0.1) is 22.9 Å². The molecule has 0 bridgehead atoms. The van der Waals surface area contributed by atoms with Crippen LogP contribution in [0.25, 0.3) is 10.9 Å². The number of hydrogen-bond donors (Lipinski definition) is 2. The Hall–Kier alpha value is -3.06. The molecule has 1 aromatic heterocycles. The van der Waals surface area contributed by atoms with Crippen LogP contribution in [0.4, 0.5) is 10.1 Å². The van der Waals surface area contributed by atoms with E-state index in [-0.39, 0.29) is 35.9 Å². The third-order valence-electron chi connectivity index (χ3n) is 4.79. The van der Waals surface area contributed by atoms with Gasteiger partial charge in [-0.2, -0.15) is 0 Å². The molecule has 1 aliphatic heterocycles. The number of carbonyl (C=O) groups excluding carboxylic acids is 1. The molecule has 2 N–H and O–H groups in total. The van der Waals surface area contributed by atoms with Crippen LogP contribution in [0.15, 0.2) is 47.5 Å². The summed E-state index contributed by atoms with van der Waals surface area (Å²) in [6.45, 7) is 1.54. The first-order chi connectivity index (χ1) is 13.1. The number of aromatic nitrogens is 2. The van der Waals surface area contributed by atoms with Crippen LogP contribution in [0.1, 0.15) is 17.5 Å². The highest BCUT2D eigenvalue weighted by molar-refractivity contribution is 5.91. The van der Waals surface area contributed by atoms with Crippen LogP contribution in [0.3, 0.4) is 0 Å². The molecule has 0 spiro atoms. The molecule has 0 radical (unpaired) electrons. The largest absolute Gasteiger partial charge is 0.324 e. The van der Waals surface area contributed by atoms with Crippen LogP contribution in [0.2, 0.25) is 0 Å². The molecule has 0 atom stereocenters. The second kappa shape index (κ2) is 7.28. The lowest BCUT2D eigenvalue weighted by molar-refractivity contribution is -0.116. The number of fused-ring (bicyclic) bond motifs is 2. The summed E-state index contributed by atoms with van der Waals surface area (Å²) in [4.78, 5) is 28.9. The van der Waals surface area contributed by atoms with Gasteiger partial charge < -0.3 is 10.6 Å². The minimum Gasteiger partial charge on any atom is -0.324 e. The number of anilines is 1. The average Bonchev–Trinajstić information content (AvgIpc) is 2.70. The third kappa shape index (κ3) is 3.46. The highest BCUT2D eigenvalue weighted by atomic mass is 19.1. The summed E-state index contributed by atoms with van der Waals surface area (Å²) in [7, 11) is 0. The highest BCUT2D eigenvalue weighted by Crippen LogP contribution is 2.24. The Labute approximate surface area is 155 Å². The molecule has 7 heteroatoms. The lowest BCUT2D eigenvalue weighted by Crippen LogP contribution is -2.26. The highest BCUT2D eigenvalue weighted by Gasteiger charge is 2.17. The number of benzene rings is 2. The molecular weight excluding hydrogens is 347 g/mol. The van der Waals surface area contributed by atoms with Crippen LogP contribution in [-0.4, -0.2) is 22.0 Å². The SMILES string of the molecule is O=C(CCn1cnc2ccccc2c1=O)Nc1ccc2c(c1F)CCNC2. The van der Waals surface area contributed by atoms with E-state index in [9.17, 15) is 14.0 Å². The topological polar surface area (TPSA) is 76.0 Å². The molecular formula is C20H19FN4O2. The minimum atomic E-state index is -0.369. The number of amides is 1. The molecule has 2 heterocycles. The van der Waals surface area contributed by atoms with Gasteiger partial charge in [0.15, 0.2) is 0 Å². The van der Waals surface area contributed by atoms with E-state index >= 15 is 0 Å². The van der Waals surface area contributed by atoms with Crippen molar-refractivity contribution in [3.05, 3.63) is 70.0 Å². The van der Waals surface area contributed by atoms with Crippen molar-refractivity contribution in [1.29, 1.82) is 0 Å². The van der Waals surface area contributed by atoms with E-state index in [1.165, 1.54) is 10.9 Å². The molecule has 2 aromatic carbocycles. The fourth-order valence-corrected chi connectivity index (χ4v) is 3.33. The molecule has 3 aromatic rings. The Morgan fingerprint density at radius 1 is 1.26 bits per heavy atom. The first-order valence-electron chi connectivity index (χ1n) is 8.88. The minimum absolute atomic E-state index is 0.0536. The number of nitrogens with one attached hydrogen (secondary N) is 2. The van der Waals surface area contributed by atoms with Crippen LogP contribution in [0.5, 0.6) is 0 Å². The van der Waals surface area contributed by atoms with E-state index in [1.807, 2.05) is 12.1 Å². The maximum atomic E-state index is 14.6. The number of hydrogen-bond acceptors (Lipinski definition) is 4. The summed E-state index contributed by atoms with van der Waals surface area (Å²) in [6, 6.07) is 10.5. The number of aryl methyl sites for hydroxylation is 1. The zero-order chi connectivity index (χ0) is 18.8. The quantitative estimate of drug-likeness (QED) is 0.742. The summed E-state index contributed by atoms with van der Waals surface area (Å²) >= 11 is 0. The number of nitrogens with zero attached hydrogens (tertiary/aromatic N) is 2. The van der Waals surface area contributed by atoms with Crippen LogP contribution < -0.4 is 16.2 Å². The molecule has 4 rings (SSSR count). The Kier molecular flexibility index (Phi) is 4.68. The number of para-hydroxylation sites is 1. The molecule has 138 valence electrons. The summed E-state index contributed by atoms with van der Waals surface area (Å²) in [5, 5.41) is 6.32. The lowest BCUT2D eigenvalue weighted by Gasteiger charge is -2.19. The summed E-state index contributed by atoms with van der Waals surface area (Å²) < 4.78 is 16.0. The molecule has 1 aliphatic rings. The van der Waals surface area contributed by atoms with Gasteiger partial charge >= 0.3 is 0 Å². The number of rotatable bonds is 4. The maximum Gasteiger partial charge on any atom is 0.261 e. The fourth-order valence-electron chi connectivity index (χ4n) is 3.33. The normalized spacial score (nSPS) is 13.4. The van der Waals surface area contributed by atoms with E-state index in [4.69, 9.17) is 0 Å². The monoisotopic (exact) mass is 366 g/mol. The summed E-state index contributed by atoms with van der Waals surface area (Å²) in [6.07, 6.45) is 2.09. The van der Waals surface area contributed by atoms with E-state index in [1.54, 1.807) is 24.3 Å². The zero-order valence-electron chi connectivity index (χ0n) is 14.7. The molecule has 0 aliphatic carbocycles. The predicted octanol–water partition coefficient (Wildman–Crippen LogP) is 2.21. The van der Waals surface area contributed by atoms with E-state index in [0.717, 1.165) is 12.1 Å². The molecule has 27 heavy (non-hydrogen) atoms. The maximum absolute atomic E-state index is 14.6. The van der Waals surface area contributed by atoms with Gasteiger partial charge in [0.1, 0.15) is 5.82 Å². The first-order valence-corrected chi connectivity index (χ1v) is 8.88. The average molecular weight is 366 g/mol. The van der Waals surface area contributed by atoms with E-state index in [2.05, 4.69) is 15.6 Å². The van der Waals surface area contributed by atoms with Crippen molar-refractivity contribution in [3.63, 3.8) is 0 Å². The number of halogens is 1. The van der Waals surface area contributed by atoms with Crippen molar-refractivity contribution in [3.8, 4) is 0 Å². The van der Waals surface area contributed by atoms with Gasteiger partial charge in [-0.15, -0.1) is 0 Å². The van der Waals surface area contributed by atoms with Crippen LogP contribution in [-0.2, 0) is 24.3 Å². The molecule has 0 saturated heterocycles. The molecule has 0 fully saturated rings. The lowest BCUT2D eigenvalue weighted by atomic mass is 9.99. The van der Waals surface area contributed by atoms with Gasteiger partial charge in [-0.25, -0.2) is 9.37 Å². The van der Waals surface area contributed by atoms with E-state index in [0.29, 0.717) is 29.4 Å². The standard InChI is InChI=1S/C20H19FN4O2/c21-19-14-7-9-22-11-13(14)5-6-17(19)24-18(26)8-10-25-12-23-16-4-2-1-3-15(16)20(25)27/h1-6,12,22H,7-11H2,(H,24,26). The van der Waals surface area contributed by atoms with Gasteiger partial charge in [-0.3, -0.25) is 14.2 Å². The van der Waals surface area contributed by atoms with Gasteiger partial charge in [-0.05, 0) is 42.3 Å². The van der Waals surface area contributed by atoms with Crippen LogP contribution >= 0.6 is 0 Å². The van der Waals surface area contributed by atoms with Crippen molar-refractivity contribution < 1.29 is 9.18 Å². The van der Waals surface area contributed by atoms with Crippen molar-refractivity contribution in [2.24, 2.45) is 0 Å². The Morgan fingerprint density at radius 2 is 2.11 bits per heavy atom. The molecule has 1 amide bonds. The zero-order valence-corrected chi connectivity index (χ0v) is 14.7. The van der Waals surface area contributed by atoms with Gasteiger partial charge in [0.25, 0.3) is 5.56 Å². The fraction of sp³-hybridized carbons (Fsp3) is 0.250. The van der Waals surface area contributed by atoms with Gasteiger partial charge in [0, 0.05) is 19.5 Å². The second-order valence-electron chi connectivity index (χ2n) is 6.55. The summed E-state index contributed by atoms with van der Waals surface area (Å²) in [5.41, 5.74) is 2.19. The second-order valence-corrected chi connectivity index (χ2v) is 6.55. The smallest absolute Gasteiger partial charge is 0.261 e. The van der Waals surface area contributed by atoms with Gasteiger partial charge in [-0.1, -0.05) is 18.2 Å². The van der Waals surface area contributed by atoms with Crippen molar-refractivity contribution in [1.82, 2.24) is 14.9 Å². The Balaban J connectivity index is 1.46. The van der Waals surface area contributed by atoms with Crippen molar-refractivity contribution in [2.45, 2.75) is 25.9 Å².